The highest BCUT2D eigenvalue weighted by Gasteiger charge is 2.26. The fourth-order valence-electron chi connectivity index (χ4n) is 5.16. The van der Waals surface area contributed by atoms with Crippen molar-refractivity contribution in [2.45, 2.75) is 129 Å². The second-order valence-corrected chi connectivity index (χ2v) is 9.90. The van der Waals surface area contributed by atoms with Crippen LogP contribution in [-0.4, -0.2) is 4.98 Å². The maximum Gasteiger partial charge on any atom is 0.241 e. The van der Waals surface area contributed by atoms with Gasteiger partial charge in [-0.3, -0.25) is 4.98 Å². The second kappa shape index (κ2) is 17.9. The van der Waals surface area contributed by atoms with Crippen LogP contribution in [0, 0.1) is 5.92 Å². The highest BCUT2D eigenvalue weighted by atomic mass is 15.1. The van der Waals surface area contributed by atoms with Gasteiger partial charge in [0.05, 0.1) is 0 Å². The fourth-order valence-corrected chi connectivity index (χ4v) is 5.16. The van der Waals surface area contributed by atoms with Crippen LogP contribution in [0.2, 0.25) is 0 Å². The smallest absolute Gasteiger partial charge is 0.241 e. The third-order valence-electron chi connectivity index (χ3n) is 7.12. The number of benzene rings is 1. The first-order valence-electron chi connectivity index (χ1n) is 13.9. The fraction of sp³-hybridized carbons (Fsp3) is 0.700. The Hall–Kier alpha value is -1.57. The molecule has 2 unspecified atom stereocenters. The molecule has 2 heteroatoms. The normalized spacial score (nSPS) is 13.3. The van der Waals surface area contributed by atoms with Crippen molar-refractivity contribution < 1.29 is 4.57 Å². The van der Waals surface area contributed by atoms with Crippen molar-refractivity contribution in [3.63, 3.8) is 0 Å². The summed E-state index contributed by atoms with van der Waals surface area (Å²) in [5, 5.41) is 0. The summed E-state index contributed by atoms with van der Waals surface area (Å²) >= 11 is 0. The Morgan fingerprint density at radius 1 is 0.688 bits per heavy atom. The molecule has 32 heavy (non-hydrogen) atoms. The van der Waals surface area contributed by atoms with Crippen LogP contribution in [0.3, 0.4) is 0 Å². The summed E-state index contributed by atoms with van der Waals surface area (Å²) in [6.45, 7) is 4.61. The molecule has 2 nitrogen and oxygen atoms in total. The van der Waals surface area contributed by atoms with E-state index >= 15 is 0 Å². The number of H-pyrrole nitrogens is 1. The van der Waals surface area contributed by atoms with Gasteiger partial charge in [0.25, 0.3) is 0 Å². The number of nitrogens with one attached hydrogen (secondary N) is 1. The summed E-state index contributed by atoms with van der Waals surface area (Å²) in [5.41, 5.74) is 1.50. The van der Waals surface area contributed by atoms with Crippen LogP contribution in [0.25, 0.3) is 0 Å². The van der Waals surface area contributed by atoms with Gasteiger partial charge in [-0.1, -0.05) is 128 Å². The number of unbranched alkanes of at least 4 members (excludes halogenated alkanes) is 12. The molecule has 1 heterocycles. The Labute approximate surface area is 199 Å². The summed E-state index contributed by atoms with van der Waals surface area (Å²) in [6, 6.07) is 11.8. The quantitative estimate of drug-likeness (QED) is 0.157. The lowest BCUT2D eigenvalue weighted by Crippen LogP contribution is -2.42. The number of aromatic nitrogens is 2. The molecule has 2 rings (SSSR count). The van der Waals surface area contributed by atoms with Crippen molar-refractivity contribution in [2.24, 2.45) is 5.92 Å². The first-order valence-corrected chi connectivity index (χ1v) is 13.9. The molecule has 0 saturated carbocycles. The molecule has 0 fully saturated rings. The van der Waals surface area contributed by atoms with Crippen molar-refractivity contribution in [2.75, 3.05) is 0 Å². The Morgan fingerprint density at radius 3 is 1.81 bits per heavy atom. The van der Waals surface area contributed by atoms with Crippen molar-refractivity contribution in [3.05, 3.63) is 54.6 Å². The van der Waals surface area contributed by atoms with Crippen LogP contribution in [0.4, 0.5) is 0 Å². The predicted molar refractivity (Wildman–Crippen MR) is 139 cm³/mol. The molecule has 0 aliphatic rings. The van der Waals surface area contributed by atoms with Crippen LogP contribution in [0.5, 0.6) is 0 Å². The van der Waals surface area contributed by atoms with E-state index in [2.05, 4.69) is 72.5 Å². The Morgan fingerprint density at radius 2 is 1.25 bits per heavy atom. The largest absolute Gasteiger partial charge is 0.250 e. The number of nitrogens with zero attached hydrogens (tertiary/aromatic N) is 1. The van der Waals surface area contributed by atoms with E-state index in [1.54, 1.807) is 0 Å². The molecule has 2 atom stereocenters. The molecule has 1 aromatic carbocycles. The Balaban J connectivity index is 1.91. The zero-order valence-electron chi connectivity index (χ0n) is 21.2. The summed E-state index contributed by atoms with van der Waals surface area (Å²) in [7, 11) is 0. The highest BCUT2D eigenvalue weighted by molar-refractivity contribution is 5.15. The zero-order chi connectivity index (χ0) is 22.7. The molecule has 0 amide bonds. The maximum atomic E-state index is 3.31. The van der Waals surface area contributed by atoms with Crippen molar-refractivity contribution in [1.82, 2.24) is 4.98 Å². The molecule has 0 radical (unpaired) electrons. The number of rotatable bonds is 20. The minimum Gasteiger partial charge on any atom is -0.250 e. The van der Waals surface area contributed by atoms with Gasteiger partial charge in [-0.05, 0) is 31.2 Å². The van der Waals surface area contributed by atoms with E-state index in [1.165, 1.54) is 115 Å². The third-order valence-corrected chi connectivity index (χ3v) is 7.12. The Bertz CT molecular complexity index is 634. The topological polar surface area (TPSA) is 19.7 Å². The number of hydrogen-bond donors (Lipinski definition) is 1. The van der Waals surface area contributed by atoms with Crippen LogP contribution >= 0.6 is 0 Å². The Kier molecular flexibility index (Phi) is 14.9. The van der Waals surface area contributed by atoms with Gasteiger partial charge >= 0.3 is 0 Å². The summed E-state index contributed by atoms with van der Waals surface area (Å²) in [5.74, 6) is 0.717. The van der Waals surface area contributed by atoms with E-state index in [1.807, 2.05) is 0 Å². The number of imidazole rings is 1. The van der Waals surface area contributed by atoms with Gasteiger partial charge in [-0.25, -0.2) is 4.57 Å². The minimum absolute atomic E-state index is 0.609. The van der Waals surface area contributed by atoms with E-state index in [0.717, 1.165) is 0 Å². The SMILES string of the molecule is CCCCCCCCCCC(Cc1ccccc1)C(CCCCCCCC)[n+]1cc[nH]c1. The van der Waals surface area contributed by atoms with Gasteiger partial charge in [-0.2, -0.15) is 0 Å². The molecule has 0 saturated heterocycles. The van der Waals surface area contributed by atoms with Crippen LogP contribution in [0.15, 0.2) is 49.1 Å². The molecule has 1 N–H and O–H groups in total. The molecular weight excluding hydrogens is 388 g/mol. The minimum atomic E-state index is 0.609. The number of aromatic amines is 1. The molecule has 0 bridgehead atoms. The summed E-state index contributed by atoms with van der Waals surface area (Å²) in [4.78, 5) is 3.31. The summed E-state index contributed by atoms with van der Waals surface area (Å²) in [6.07, 6.45) is 29.9. The summed E-state index contributed by atoms with van der Waals surface area (Å²) < 4.78 is 2.48. The monoisotopic (exact) mass is 439 g/mol. The first-order chi connectivity index (χ1) is 15.8. The van der Waals surface area contributed by atoms with Crippen LogP contribution in [-0.2, 0) is 6.42 Å². The second-order valence-electron chi connectivity index (χ2n) is 9.90. The van der Waals surface area contributed by atoms with E-state index in [4.69, 9.17) is 0 Å². The standard InChI is InChI=1S/C30H50N2/c1-3-5-7-9-11-12-13-18-22-29(26-28-20-16-15-17-21-28)30(32-25-24-31-27-32)23-19-14-10-8-6-4-2/h15-17,20-21,24-25,27,29-30H,3-14,18-19,22-23,26H2,1-2H3/p+1. The van der Waals surface area contributed by atoms with Gasteiger partial charge in [-0.15, -0.1) is 0 Å². The van der Waals surface area contributed by atoms with Crippen molar-refractivity contribution >= 4 is 0 Å². The molecule has 0 aliphatic heterocycles. The molecule has 1 aromatic heterocycles. The van der Waals surface area contributed by atoms with Gasteiger partial charge in [0.2, 0.25) is 6.33 Å². The van der Waals surface area contributed by atoms with E-state index in [0.29, 0.717) is 12.0 Å². The van der Waals surface area contributed by atoms with Gasteiger partial charge in [0.15, 0.2) is 0 Å². The molecule has 0 aliphatic carbocycles. The average molecular weight is 440 g/mol. The molecular formula is C30H51N2+. The van der Waals surface area contributed by atoms with Gasteiger partial charge in [0.1, 0.15) is 18.4 Å². The lowest BCUT2D eigenvalue weighted by atomic mass is 9.84. The van der Waals surface area contributed by atoms with E-state index in [9.17, 15) is 0 Å². The van der Waals surface area contributed by atoms with Crippen LogP contribution in [0.1, 0.15) is 128 Å². The molecule has 180 valence electrons. The van der Waals surface area contributed by atoms with E-state index < -0.39 is 0 Å². The zero-order valence-corrected chi connectivity index (χ0v) is 21.2. The van der Waals surface area contributed by atoms with Crippen molar-refractivity contribution in [1.29, 1.82) is 0 Å². The molecule has 2 aromatic rings. The number of hydrogen-bond acceptors (Lipinski definition) is 0. The first kappa shape index (κ1) is 26.7. The van der Waals surface area contributed by atoms with E-state index in [-0.39, 0.29) is 0 Å². The van der Waals surface area contributed by atoms with Gasteiger partial charge < -0.3 is 0 Å². The van der Waals surface area contributed by atoms with Crippen molar-refractivity contribution in [3.8, 4) is 0 Å². The third kappa shape index (κ3) is 11.3. The highest BCUT2D eigenvalue weighted by Crippen LogP contribution is 2.29. The lowest BCUT2D eigenvalue weighted by Gasteiger charge is -2.25. The average Bonchev–Trinajstić information content (AvgIpc) is 3.35. The molecule has 0 spiro atoms. The lowest BCUT2D eigenvalue weighted by molar-refractivity contribution is -0.730. The maximum absolute atomic E-state index is 3.31. The predicted octanol–water partition coefficient (Wildman–Crippen LogP) is 8.98. The van der Waals surface area contributed by atoms with Crippen LogP contribution < -0.4 is 4.57 Å². The van der Waals surface area contributed by atoms with Gasteiger partial charge in [0, 0.05) is 5.92 Å².